The van der Waals surface area contributed by atoms with Crippen molar-refractivity contribution in [2.45, 2.75) is 24.9 Å². The number of likely N-dealkylation sites (tertiary alicyclic amines) is 1. The van der Waals surface area contributed by atoms with Crippen molar-refractivity contribution in [2.24, 2.45) is 0 Å². The molecule has 1 aromatic carbocycles. The van der Waals surface area contributed by atoms with Crippen LogP contribution >= 0.6 is 0 Å². The van der Waals surface area contributed by atoms with E-state index in [2.05, 4.69) is 9.97 Å². The summed E-state index contributed by atoms with van der Waals surface area (Å²) in [5.41, 5.74) is 1.29. The lowest BCUT2D eigenvalue weighted by Crippen LogP contribution is -2.39. The average molecular weight is 447 g/mol. The first-order valence-electron chi connectivity index (χ1n) is 10.4. The number of rotatable bonds is 6. The summed E-state index contributed by atoms with van der Waals surface area (Å²) in [5, 5.41) is 0. The first kappa shape index (κ1) is 22.1. The molecule has 32 heavy (non-hydrogen) atoms. The number of aromatic amines is 1. The number of methoxy groups -OCH3 is 1. The fraction of sp³-hybridized carbons (Fsp3) is 0.391. The Morgan fingerprint density at radius 1 is 1.19 bits per heavy atom. The van der Waals surface area contributed by atoms with Crippen LogP contribution in [-0.2, 0) is 10.9 Å². The van der Waals surface area contributed by atoms with Gasteiger partial charge in [-0.15, -0.1) is 0 Å². The van der Waals surface area contributed by atoms with E-state index in [1.54, 1.807) is 42.3 Å². The standard InChI is InChI=1S/C23H24F3N3O3/c1-31-11-12-32-17-6-4-15(5-7-17)22(30)29-10-2-3-16(14-29)19-13-20-18(27-19)8-9-21(28-20)23(24,25)26/h4-9,13,16,27H,2-3,10-12,14H2,1H3. The van der Waals surface area contributed by atoms with Gasteiger partial charge in [-0.25, -0.2) is 4.98 Å². The summed E-state index contributed by atoms with van der Waals surface area (Å²) in [6, 6.07) is 11.0. The van der Waals surface area contributed by atoms with Crippen molar-refractivity contribution in [1.82, 2.24) is 14.9 Å². The van der Waals surface area contributed by atoms with E-state index in [-0.39, 0.29) is 17.3 Å². The van der Waals surface area contributed by atoms with Gasteiger partial charge in [-0.2, -0.15) is 13.2 Å². The van der Waals surface area contributed by atoms with E-state index in [0.29, 0.717) is 43.1 Å². The number of ether oxygens (including phenoxy) is 2. The van der Waals surface area contributed by atoms with Crippen molar-refractivity contribution in [3.05, 3.63) is 59.4 Å². The third-order valence-electron chi connectivity index (χ3n) is 5.59. The van der Waals surface area contributed by atoms with Crippen LogP contribution in [0.2, 0.25) is 0 Å². The first-order valence-corrected chi connectivity index (χ1v) is 10.4. The Morgan fingerprint density at radius 3 is 2.69 bits per heavy atom. The predicted molar refractivity (Wildman–Crippen MR) is 113 cm³/mol. The Balaban J connectivity index is 1.45. The number of hydrogen-bond donors (Lipinski definition) is 1. The fourth-order valence-corrected chi connectivity index (χ4v) is 3.94. The summed E-state index contributed by atoms with van der Waals surface area (Å²) in [7, 11) is 1.60. The van der Waals surface area contributed by atoms with Crippen molar-refractivity contribution in [2.75, 3.05) is 33.4 Å². The molecule has 1 N–H and O–H groups in total. The van der Waals surface area contributed by atoms with Gasteiger partial charge in [-0.1, -0.05) is 0 Å². The largest absolute Gasteiger partial charge is 0.491 e. The Morgan fingerprint density at radius 2 is 1.97 bits per heavy atom. The summed E-state index contributed by atoms with van der Waals surface area (Å²) in [6.45, 7) is 2.04. The van der Waals surface area contributed by atoms with E-state index in [4.69, 9.17) is 9.47 Å². The van der Waals surface area contributed by atoms with Crippen LogP contribution in [0.1, 0.15) is 40.5 Å². The van der Waals surface area contributed by atoms with E-state index in [1.165, 1.54) is 6.07 Å². The normalized spacial score (nSPS) is 17.0. The lowest BCUT2D eigenvalue weighted by Gasteiger charge is -2.32. The van der Waals surface area contributed by atoms with Crippen LogP contribution in [0.25, 0.3) is 11.0 Å². The molecule has 0 saturated carbocycles. The average Bonchev–Trinajstić information content (AvgIpc) is 3.22. The quantitative estimate of drug-likeness (QED) is 0.560. The maximum atomic E-state index is 13.0. The molecular weight excluding hydrogens is 423 g/mol. The third kappa shape index (κ3) is 4.88. The van der Waals surface area contributed by atoms with Crippen LogP contribution in [0.15, 0.2) is 42.5 Å². The second-order valence-corrected chi connectivity index (χ2v) is 7.81. The molecule has 9 heteroatoms. The lowest BCUT2D eigenvalue weighted by molar-refractivity contribution is -0.140. The number of carbonyl (C=O) groups is 1. The number of halogens is 3. The summed E-state index contributed by atoms with van der Waals surface area (Å²) in [4.78, 5) is 21.7. The molecule has 6 nitrogen and oxygen atoms in total. The third-order valence-corrected chi connectivity index (χ3v) is 5.59. The second kappa shape index (κ2) is 9.20. The zero-order valence-corrected chi connectivity index (χ0v) is 17.6. The van der Waals surface area contributed by atoms with Gasteiger partial charge in [-0.05, 0) is 55.3 Å². The summed E-state index contributed by atoms with van der Waals surface area (Å²) in [5.74, 6) is 0.596. The maximum Gasteiger partial charge on any atom is 0.433 e. The molecule has 170 valence electrons. The second-order valence-electron chi connectivity index (χ2n) is 7.81. The van der Waals surface area contributed by atoms with Crippen molar-refractivity contribution in [3.63, 3.8) is 0 Å². The molecule has 1 amide bonds. The number of piperidine rings is 1. The van der Waals surface area contributed by atoms with Crippen LogP contribution in [0.5, 0.6) is 5.75 Å². The highest BCUT2D eigenvalue weighted by molar-refractivity contribution is 5.94. The molecular formula is C23H24F3N3O3. The molecule has 1 aliphatic heterocycles. The molecule has 1 unspecified atom stereocenters. The lowest BCUT2D eigenvalue weighted by atomic mass is 9.94. The minimum atomic E-state index is -4.48. The van der Waals surface area contributed by atoms with Gasteiger partial charge >= 0.3 is 6.18 Å². The predicted octanol–water partition coefficient (Wildman–Crippen LogP) is 4.63. The van der Waals surface area contributed by atoms with Gasteiger partial charge in [0.15, 0.2) is 0 Å². The highest BCUT2D eigenvalue weighted by atomic mass is 19.4. The molecule has 0 aliphatic carbocycles. The molecule has 4 rings (SSSR count). The Labute approximate surface area is 183 Å². The topological polar surface area (TPSA) is 67.5 Å². The van der Waals surface area contributed by atoms with Gasteiger partial charge in [0, 0.05) is 37.4 Å². The fourth-order valence-electron chi connectivity index (χ4n) is 3.94. The zero-order chi connectivity index (χ0) is 22.7. The number of benzene rings is 1. The number of nitrogens with one attached hydrogen (secondary N) is 1. The number of hydrogen-bond acceptors (Lipinski definition) is 4. The summed E-state index contributed by atoms with van der Waals surface area (Å²) in [6.07, 6.45) is -2.83. The Bertz CT molecular complexity index is 1080. The van der Waals surface area contributed by atoms with Gasteiger partial charge in [0.25, 0.3) is 5.91 Å². The van der Waals surface area contributed by atoms with Gasteiger partial charge < -0.3 is 19.4 Å². The summed E-state index contributed by atoms with van der Waals surface area (Å²) < 4.78 is 49.3. The highest BCUT2D eigenvalue weighted by Crippen LogP contribution is 2.32. The van der Waals surface area contributed by atoms with Crippen LogP contribution < -0.4 is 4.74 Å². The number of alkyl halides is 3. The van der Waals surface area contributed by atoms with Gasteiger partial charge in [-0.3, -0.25) is 4.79 Å². The van der Waals surface area contributed by atoms with Crippen molar-refractivity contribution >= 4 is 16.9 Å². The van der Waals surface area contributed by atoms with Gasteiger partial charge in [0.1, 0.15) is 18.1 Å². The summed E-state index contributed by atoms with van der Waals surface area (Å²) >= 11 is 0. The Kier molecular flexibility index (Phi) is 6.36. The molecule has 3 aromatic rings. The van der Waals surface area contributed by atoms with E-state index in [9.17, 15) is 18.0 Å². The van der Waals surface area contributed by atoms with Crippen molar-refractivity contribution in [3.8, 4) is 5.75 Å². The van der Waals surface area contributed by atoms with E-state index in [1.807, 2.05) is 0 Å². The minimum Gasteiger partial charge on any atom is -0.491 e. The number of pyridine rings is 1. The Hall–Kier alpha value is -3.07. The first-order chi connectivity index (χ1) is 15.3. The maximum absolute atomic E-state index is 13.0. The SMILES string of the molecule is COCCOc1ccc(C(=O)N2CCCC(c3cc4nc(C(F)(F)F)ccc4[nH]3)C2)cc1. The van der Waals surface area contributed by atoms with Gasteiger partial charge in [0.05, 0.1) is 17.6 Å². The van der Waals surface area contributed by atoms with E-state index >= 15 is 0 Å². The number of H-pyrrole nitrogens is 1. The number of amides is 1. The molecule has 1 aliphatic rings. The van der Waals surface area contributed by atoms with E-state index in [0.717, 1.165) is 24.6 Å². The van der Waals surface area contributed by atoms with Gasteiger partial charge in [0.2, 0.25) is 0 Å². The van der Waals surface area contributed by atoms with Crippen LogP contribution in [0.3, 0.4) is 0 Å². The molecule has 1 saturated heterocycles. The van der Waals surface area contributed by atoms with E-state index < -0.39 is 11.9 Å². The minimum absolute atomic E-state index is 0.00730. The van der Waals surface area contributed by atoms with Crippen molar-refractivity contribution < 1.29 is 27.4 Å². The molecule has 0 spiro atoms. The molecule has 0 bridgehead atoms. The zero-order valence-electron chi connectivity index (χ0n) is 17.6. The van der Waals surface area contributed by atoms with Crippen LogP contribution in [0.4, 0.5) is 13.2 Å². The monoisotopic (exact) mass is 447 g/mol. The number of carbonyl (C=O) groups excluding carboxylic acids is 1. The molecule has 3 heterocycles. The number of aromatic nitrogens is 2. The molecule has 2 aromatic heterocycles. The van der Waals surface area contributed by atoms with Crippen LogP contribution in [0, 0.1) is 0 Å². The molecule has 0 radical (unpaired) electrons. The van der Waals surface area contributed by atoms with Crippen molar-refractivity contribution in [1.29, 1.82) is 0 Å². The highest BCUT2D eigenvalue weighted by Gasteiger charge is 2.33. The molecule has 1 atom stereocenters. The van der Waals surface area contributed by atoms with Crippen LogP contribution in [-0.4, -0.2) is 54.2 Å². The number of fused-ring (bicyclic) bond motifs is 1. The molecule has 1 fully saturated rings. The smallest absolute Gasteiger partial charge is 0.433 e. The number of nitrogens with zero attached hydrogens (tertiary/aromatic N) is 2.